The third kappa shape index (κ3) is 3.05. The summed E-state index contributed by atoms with van der Waals surface area (Å²) in [6, 6.07) is 1.64. The third-order valence-electron chi connectivity index (χ3n) is 2.65. The summed E-state index contributed by atoms with van der Waals surface area (Å²) in [6.45, 7) is 7.10. The normalized spacial score (nSPS) is 11.5. The van der Waals surface area contributed by atoms with E-state index in [-0.39, 0.29) is 23.5 Å². The lowest BCUT2D eigenvalue weighted by atomic mass is 9.93. The van der Waals surface area contributed by atoms with Gasteiger partial charge in [-0.25, -0.2) is 4.39 Å². The van der Waals surface area contributed by atoms with E-state index >= 15 is 0 Å². The van der Waals surface area contributed by atoms with Crippen LogP contribution in [0.2, 0.25) is 0 Å². The number of halogens is 2. The van der Waals surface area contributed by atoms with Crippen molar-refractivity contribution in [1.29, 1.82) is 0 Å². The molecule has 17 heavy (non-hydrogen) atoms. The maximum atomic E-state index is 13.6. The average molecular weight is 260 g/mol. The van der Waals surface area contributed by atoms with Crippen LogP contribution in [-0.2, 0) is 4.79 Å². The Bertz CT molecular complexity index is 460. The summed E-state index contributed by atoms with van der Waals surface area (Å²) < 4.78 is 13.6. The van der Waals surface area contributed by atoms with Crippen molar-refractivity contribution in [3.8, 4) is 0 Å². The summed E-state index contributed by atoms with van der Waals surface area (Å²) in [4.78, 5) is 10.7. The number of carboxylic acid groups (broad SMARTS) is 1. The molecule has 1 rings (SSSR count). The highest BCUT2D eigenvalue weighted by Crippen LogP contribution is 2.25. The molecular weight excluding hydrogens is 245 g/mol. The van der Waals surface area contributed by atoms with Gasteiger partial charge in [-0.1, -0.05) is 12.6 Å². The minimum atomic E-state index is -1.28. The highest BCUT2D eigenvalue weighted by Gasteiger charge is 2.21. The van der Waals surface area contributed by atoms with Gasteiger partial charge in [0.15, 0.2) is 0 Å². The molecule has 0 fully saturated rings. The van der Waals surface area contributed by atoms with Crippen LogP contribution in [0.4, 0.5) is 4.39 Å². The lowest BCUT2D eigenvalue weighted by molar-refractivity contribution is -0.137. The number of carboxylic acids is 1. The van der Waals surface area contributed by atoms with Crippen molar-refractivity contribution < 1.29 is 14.3 Å². The van der Waals surface area contributed by atoms with Gasteiger partial charge < -0.3 is 10.8 Å². The molecule has 1 aromatic rings. The van der Waals surface area contributed by atoms with Crippen molar-refractivity contribution in [3.63, 3.8) is 0 Å². The van der Waals surface area contributed by atoms with Crippen LogP contribution in [0.3, 0.4) is 0 Å². The Balaban J connectivity index is 0.00000256. The Kier molecular flexibility index (Phi) is 5.32. The minimum absolute atomic E-state index is 0. The molecular formula is C12H15ClFNO2. The molecule has 0 aliphatic carbocycles. The highest BCUT2D eigenvalue weighted by molar-refractivity contribution is 5.91. The highest BCUT2D eigenvalue weighted by atomic mass is 35.5. The van der Waals surface area contributed by atoms with E-state index in [9.17, 15) is 9.18 Å². The van der Waals surface area contributed by atoms with Gasteiger partial charge in [0.1, 0.15) is 11.9 Å². The molecule has 0 saturated heterocycles. The Morgan fingerprint density at radius 1 is 1.47 bits per heavy atom. The first kappa shape index (κ1) is 15.6. The van der Waals surface area contributed by atoms with Crippen molar-refractivity contribution >= 4 is 23.9 Å². The number of benzene rings is 1. The summed E-state index contributed by atoms with van der Waals surface area (Å²) in [6.07, 6.45) is 0. The summed E-state index contributed by atoms with van der Waals surface area (Å²) in [5.41, 5.74) is 7.25. The molecule has 1 atom stereocenters. The molecule has 0 radical (unpaired) electrons. The molecule has 5 heteroatoms. The van der Waals surface area contributed by atoms with Gasteiger partial charge in [-0.2, -0.15) is 0 Å². The van der Waals surface area contributed by atoms with Gasteiger partial charge in [0.05, 0.1) is 0 Å². The van der Waals surface area contributed by atoms with E-state index in [0.29, 0.717) is 5.56 Å². The number of hydrogen-bond acceptors (Lipinski definition) is 2. The molecule has 3 N–H and O–H groups in total. The summed E-state index contributed by atoms with van der Waals surface area (Å²) in [5, 5.41) is 8.76. The van der Waals surface area contributed by atoms with E-state index in [1.54, 1.807) is 13.0 Å². The van der Waals surface area contributed by atoms with Crippen LogP contribution in [0.15, 0.2) is 18.7 Å². The molecule has 3 nitrogen and oxygen atoms in total. The zero-order chi connectivity index (χ0) is 12.5. The maximum absolute atomic E-state index is 13.6. The second-order valence-electron chi connectivity index (χ2n) is 3.71. The number of nitrogens with two attached hydrogens (primary N) is 1. The van der Waals surface area contributed by atoms with E-state index in [1.165, 1.54) is 6.07 Å². The van der Waals surface area contributed by atoms with Gasteiger partial charge in [-0.05, 0) is 36.6 Å². The fourth-order valence-corrected chi connectivity index (χ4v) is 1.48. The van der Waals surface area contributed by atoms with Crippen molar-refractivity contribution in [2.75, 3.05) is 0 Å². The third-order valence-corrected chi connectivity index (χ3v) is 2.65. The van der Waals surface area contributed by atoms with Gasteiger partial charge in [0.25, 0.3) is 0 Å². The quantitative estimate of drug-likeness (QED) is 0.875. The largest absolute Gasteiger partial charge is 0.480 e. The molecule has 0 aliphatic rings. The van der Waals surface area contributed by atoms with Crippen molar-refractivity contribution in [3.05, 3.63) is 41.2 Å². The van der Waals surface area contributed by atoms with E-state index in [0.717, 1.165) is 5.56 Å². The van der Waals surface area contributed by atoms with Crippen LogP contribution in [0.25, 0.3) is 5.57 Å². The smallest absolute Gasteiger partial charge is 0.325 e. The number of carbonyl (C=O) groups is 1. The van der Waals surface area contributed by atoms with Crippen LogP contribution in [-0.4, -0.2) is 17.1 Å². The molecule has 0 saturated carbocycles. The Morgan fingerprint density at radius 3 is 2.47 bits per heavy atom. The van der Waals surface area contributed by atoms with Gasteiger partial charge in [-0.3, -0.25) is 4.79 Å². The summed E-state index contributed by atoms with van der Waals surface area (Å²) in [7, 11) is 0. The van der Waals surface area contributed by atoms with Crippen molar-refractivity contribution in [2.45, 2.75) is 19.9 Å². The first-order chi connectivity index (χ1) is 7.36. The van der Waals surface area contributed by atoms with E-state index < -0.39 is 17.8 Å². The van der Waals surface area contributed by atoms with Crippen molar-refractivity contribution in [1.82, 2.24) is 0 Å². The topological polar surface area (TPSA) is 63.3 Å². The second-order valence-corrected chi connectivity index (χ2v) is 3.71. The van der Waals surface area contributed by atoms with E-state index in [2.05, 4.69) is 6.58 Å². The molecule has 94 valence electrons. The molecule has 0 amide bonds. The van der Waals surface area contributed by atoms with E-state index in [4.69, 9.17) is 10.8 Å². The summed E-state index contributed by atoms with van der Waals surface area (Å²) >= 11 is 0. The zero-order valence-electron chi connectivity index (χ0n) is 9.66. The lowest BCUT2D eigenvalue weighted by Gasteiger charge is -2.15. The van der Waals surface area contributed by atoms with Gasteiger partial charge in [-0.15, -0.1) is 12.4 Å². The molecule has 1 aromatic carbocycles. The van der Waals surface area contributed by atoms with Gasteiger partial charge in [0, 0.05) is 5.56 Å². The molecule has 0 bridgehead atoms. The molecule has 0 aromatic heterocycles. The fraction of sp³-hybridized carbons (Fsp3) is 0.250. The predicted octanol–water partition coefficient (Wildman–Crippen LogP) is 2.29. The SMILES string of the molecule is C=C(c1c(F)ccc(C)c1C)C(N)C(=O)O.Cl. The maximum Gasteiger partial charge on any atom is 0.325 e. The predicted molar refractivity (Wildman–Crippen MR) is 67.8 cm³/mol. The number of aliphatic carboxylic acids is 1. The number of rotatable bonds is 3. The van der Waals surface area contributed by atoms with Crippen LogP contribution in [0.5, 0.6) is 0 Å². The number of hydrogen-bond donors (Lipinski definition) is 2. The zero-order valence-corrected chi connectivity index (χ0v) is 10.5. The number of aryl methyl sites for hydroxylation is 1. The molecule has 0 aliphatic heterocycles. The fourth-order valence-electron chi connectivity index (χ4n) is 1.48. The minimum Gasteiger partial charge on any atom is -0.480 e. The lowest BCUT2D eigenvalue weighted by Crippen LogP contribution is -2.31. The second kappa shape index (κ2) is 5.80. The van der Waals surface area contributed by atoms with E-state index in [1.807, 2.05) is 6.92 Å². The first-order valence-electron chi connectivity index (χ1n) is 4.79. The van der Waals surface area contributed by atoms with Crippen LogP contribution < -0.4 is 5.73 Å². The van der Waals surface area contributed by atoms with Gasteiger partial charge in [0.2, 0.25) is 0 Å². The molecule has 0 spiro atoms. The van der Waals surface area contributed by atoms with Crippen molar-refractivity contribution in [2.24, 2.45) is 5.73 Å². The first-order valence-corrected chi connectivity index (χ1v) is 4.79. The monoisotopic (exact) mass is 259 g/mol. The Labute approximate surface area is 106 Å². The van der Waals surface area contributed by atoms with Crippen LogP contribution >= 0.6 is 12.4 Å². The van der Waals surface area contributed by atoms with Gasteiger partial charge >= 0.3 is 5.97 Å². The average Bonchev–Trinajstić information content (AvgIpc) is 2.22. The van der Waals surface area contributed by atoms with Crippen LogP contribution in [0, 0.1) is 19.7 Å². The Morgan fingerprint density at radius 2 is 2.00 bits per heavy atom. The summed E-state index contributed by atoms with van der Waals surface area (Å²) in [5.74, 6) is -1.71. The molecule has 1 unspecified atom stereocenters. The van der Waals surface area contributed by atoms with Crippen LogP contribution in [0.1, 0.15) is 16.7 Å². The molecule has 0 heterocycles. The Hall–Kier alpha value is -1.39. The standard InChI is InChI=1S/C12H14FNO2.ClH/c1-6-4-5-9(13)10(7(6)2)8(3)11(14)12(15)16;/h4-5,11H,3,14H2,1-2H3,(H,15,16);1H.